The number of anilines is 1. The minimum Gasteiger partial charge on any atom is -0.281 e. The minimum absolute atomic E-state index is 0.124. The third kappa shape index (κ3) is 2.24. The highest BCUT2D eigenvalue weighted by atomic mass is 15.6. The smallest absolute Gasteiger partial charge is 0.147 e. The summed E-state index contributed by atoms with van der Waals surface area (Å²) in [6.07, 6.45) is 2.20. The molecule has 1 N–H and O–H groups in total. The number of fused-ring (bicyclic) bond motifs is 1. The molecule has 0 spiro atoms. The lowest BCUT2D eigenvalue weighted by Gasteiger charge is -2.58. The molecule has 1 heterocycles. The van der Waals surface area contributed by atoms with E-state index in [-0.39, 0.29) is 11.6 Å². The maximum atomic E-state index is 5.11. The Morgan fingerprint density at radius 2 is 1.42 bits per heavy atom. The number of hydrazine groups is 1. The molecule has 0 unspecified atom stereocenters. The van der Waals surface area contributed by atoms with Crippen LogP contribution in [0.1, 0.15) is 24.0 Å². The Bertz CT molecular complexity index is 921. The van der Waals surface area contributed by atoms with Crippen LogP contribution in [0.3, 0.4) is 0 Å². The first-order valence-corrected chi connectivity index (χ1v) is 9.19. The Hall–Kier alpha value is -3.07. The molecule has 0 saturated heterocycles. The zero-order valence-electron chi connectivity index (χ0n) is 14.5. The van der Waals surface area contributed by atoms with Crippen LogP contribution in [-0.4, -0.2) is 11.9 Å². The molecule has 0 amide bonds. The second-order valence-corrected chi connectivity index (χ2v) is 6.97. The lowest BCUT2D eigenvalue weighted by atomic mass is 9.66. The summed E-state index contributed by atoms with van der Waals surface area (Å²) in [5, 5.41) is 2.34. The second kappa shape index (κ2) is 6.03. The fourth-order valence-corrected chi connectivity index (χ4v) is 4.17. The van der Waals surface area contributed by atoms with Crippen molar-refractivity contribution < 1.29 is 0 Å². The monoisotopic (exact) mass is 339 g/mol. The molecule has 3 heteroatoms. The number of para-hydroxylation sites is 1. The molecule has 3 nitrogen and oxygen atoms in total. The quantitative estimate of drug-likeness (QED) is 0.760. The Balaban J connectivity index is 1.65. The first-order chi connectivity index (χ1) is 12.9. The number of nitrogens with one attached hydrogen (secondary N) is 1. The summed E-state index contributed by atoms with van der Waals surface area (Å²) >= 11 is 0. The van der Waals surface area contributed by atoms with E-state index in [4.69, 9.17) is 4.99 Å². The van der Waals surface area contributed by atoms with Crippen LogP contribution in [0, 0.1) is 0 Å². The second-order valence-electron chi connectivity index (χ2n) is 6.97. The minimum atomic E-state index is -0.124. The highest BCUT2D eigenvalue weighted by molar-refractivity contribution is 6.00. The Morgan fingerprint density at radius 3 is 2.04 bits per heavy atom. The zero-order valence-corrected chi connectivity index (χ0v) is 14.5. The van der Waals surface area contributed by atoms with E-state index in [9.17, 15) is 0 Å². The fraction of sp³-hybridized carbons (Fsp3) is 0.174. The van der Waals surface area contributed by atoms with Crippen LogP contribution in [0.2, 0.25) is 0 Å². The van der Waals surface area contributed by atoms with Crippen LogP contribution >= 0.6 is 0 Å². The number of hydrogen-bond acceptors (Lipinski definition) is 3. The van der Waals surface area contributed by atoms with Gasteiger partial charge in [-0.05, 0) is 30.5 Å². The summed E-state index contributed by atoms with van der Waals surface area (Å²) in [5.41, 5.74) is 7.14. The van der Waals surface area contributed by atoms with Crippen LogP contribution in [0.25, 0.3) is 0 Å². The standard InChI is InChI=1S/C23H21N3/c1-4-10-18(11-5-1)22-24-21-16-17-23(21,19-12-6-2-7-13-19)26(25-22)20-14-8-3-9-15-20/h1-15,21H,16-17H2,(H,24,25)/t21-,23-/m0/s1. The summed E-state index contributed by atoms with van der Waals surface area (Å²) in [6, 6.07) is 32.0. The van der Waals surface area contributed by atoms with E-state index < -0.39 is 0 Å². The lowest BCUT2D eigenvalue weighted by Crippen LogP contribution is -2.69. The van der Waals surface area contributed by atoms with Gasteiger partial charge in [0.1, 0.15) is 11.4 Å². The topological polar surface area (TPSA) is 27.6 Å². The van der Waals surface area contributed by atoms with Gasteiger partial charge in [0.2, 0.25) is 0 Å². The molecular weight excluding hydrogens is 318 g/mol. The van der Waals surface area contributed by atoms with E-state index in [1.54, 1.807) is 0 Å². The third-order valence-electron chi connectivity index (χ3n) is 5.59. The molecular formula is C23H21N3. The van der Waals surface area contributed by atoms with Gasteiger partial charge in [0.15, 0.2) is 0 Å². The zero-order chi connectivity index (χ0) is 17.4. The van der Waals surface area contributed by atoms with Crippen molar-refractivity contribution in [3.8, 4) is 0 Å². The fourth-order valence-electron chi connectivity index (χ4n) is 4.17. The normalized spacial score (nSPS) is 24.1. The van der Waals surface area contributed by atoms with Crippen molar-refractivity contribution in [1.82, 2.24) is 5.43 Å². The van der Waals surface area contributed by atoms with E-state index in [2.05, 4.69) is 95.4 Å². The van der Waals surface area contributed by atoms with E-state index in [1.807, 2.05) is 6.07 Å². The van der Waals surface area contributed by atoms with Crippen LogP contribution in [0.5, 0.6) is 0 Å². The molecule has 0 radical (unpaired) electrons. The molecule has 26 heavy (non-hydrogen) atoms. The average Bonchev–Trinajstić information content (AvgIpc) is 2.71. The Kier molecular flexibility index (Phi) is 3.52. The summed E-state index contributed by atoms with van der Waals surface area (Å²) in [5.74, 6) is 0.950. The molecule has 1 fully saturated rings. The van der Waals surface area contributed by atoms with Gasteiger partial charge in [-0.15, -0.1) is 0 Å². The van der Waals surface area contributed by atoms with Crippen LogP contribution in [-0.2, 0) is 5.54 Å². The Labute approximate surface area is 154 Å². The van der Waals surface area contributed by atoms with E-state index in [1.165, 1.54) is 11.3 Å². The molecule has 5 rings (SSSR count). The van der Waals surface area contributed by atoms with Crippen molar-refractivity contribution in [1.29, 1.82) is 0 Å². The number of hydrogen-bond donors (Lipinski definition) is 1. The van der Waals surface area contributed by atoms with Gasteiger partial charge in [0.25, 0.3) is 0 Å². The van der Waals surface area contributed by atoms with Crippen molar-refractivity contribution in [2.75, 3.05) is 5.01 Å². The van der Waals surface area contributed by atoms with Crippen LogP contribution < -0.4 is 10.4 Å². The first kappa shape index (κ1) is 15.2. The number of nitrogens with zero attached hydrogens (tertiary/aromatic N) is 2. The first-order valence-electron chi connectivity index (χ1n) is 9.19. The van der Waals surface area contributed by atoms with E-state index in [0.29, 0.717) is 0 Å². The van der Waals surface area contributed by atoms with E-state index in [0.717, 1.165) is 24.2 Å². The molecule has 2 atom stereocenters. The van der Waals surface area contributed by atoms with Gasteiger partial charge in [-0.3, -0.25) is 15.4 Å². The SMILES string of the molecule is c1ccc(C2=N[C@H]3CC[C@@]3(c3ccccc3)N(c3ccccc3)N2)cc1. The number of amidine groups is 1. The van der Waals surface area contributed by atoms with Crippen molar-refractivity contribution in [2.45, 2.75) is 24.4 Å². The summed E-state index contributed by atoms with van der Waals surface area (Å²) < 4.78 is 0. The molecule has 1 aliphatic heterocycles. The maximum absolute atomic E-state index is 5.11. The molecule has 2 aliphatic rings. The molecule has 128 valence electrons. The lowest BCUT2D eigenvalue weighted by molar-refractivity contribution is 0.166. The van der Waals surface area contributed by atoms with Gasteiger partial charge in [-0.2, -0.15) is 0 Å². The maximum Gasteiger partial charge on any atom is 0.147 e. The van der Waals surface area contributed by atoms with Gasteiger partial charge >= 0.3 is 0 Å². The average molecular weight is 339 g/mol. The van der Waals surface area contributed by atoms with Crippen molar-refractivity contribution in [2.24, 2.45) is 4.99 Å². The predicted molar refractivity (Wildman–Crippen MR) is 106 cm³/mol. The Morgan fingerprint density at radius 1 is 0.808 bits per heavy atom. The highest BCUT2D eigenvalue weighted by Crippen LogP contribution is 2.51. The van der Waals surface area contributed by atoms with Crippen LogP contribution in [0.4, 0.5) is 5.69 Å². The molecule has 1 saturated carbocycles. The molecule has 3 aromatic rings. The molecule has 3 aromatic carbocycles. The number of rotatable bonds is 3. The van der Waals surface area contributed by atoms with Gasteiger partial charge in [-0.25, -0.2) is 0 Å². The van der Waals surface area contributed by atoms with Crippen molar-refractivity contribution in [3.63, 3.8) is 0 Å². The largest absolute Gasteiger partial charge is 0.281 e. The molecule has 0 aromatic heterocycles. The van der Waals surface area contributed by atoms with Gasteiger partial charge < -0.3 is 0 Å². The summed E-state index contributed by atoms with van der Waals surface area (Å²) in [4.78, 5) is 5.11. The molecule has 0 bridgehead atoms. The van der Waals surface area contributed by atoms with Gasteiger partial charge in [0, 0.05) is 5.56 Å². The summed E-state index contributed by atoms with van der Waals surface area (Å²) in [6.45, 7) is 0. The van der Waals surface area contributed by atoms with Gasteiger partial charge in [0.05, 0.1) is 11.7 Å². The third-order valence-corrected chi connectivity index (χ3v) is 5.59. The molecule has 1 aliphatic carbocycles. The number of benzene rings is 3. The van der Waals surface area contributed by atoms with Crippen molar-refractivity contribution in [3.05, 3.63) is 102 Å². The highest BCUT2D eigenvalue weighted by Gasteiger charge is 2.55. The number of aliphatic imine (C=N–C) groups is 1. The van der Waals surface area contributed by atoms with Gasteiger partial charge in [-0.1, -0.05) is 78.9 Å². The van der Waals surface area contributed by atoms with E-state index >= 15 is 0 Å². The van der Waals surface area contributed by atoms with Crippen molar-refractivity contribution >= 4 is 11.5 Å². The summed E-state index contributed by atoms with van der Waals surface area (Å²) in [7, 11) is 0. The van der Waals surface area contributed by atoms with Crippen LogP contribution in [0.15, 0.2) is 96.0 Å². The predicted octanol–water partition coefficient (Wildman–Crippen LogP) is 4.52.